The fraction of sp³-hybridized carbons (Fsp3) is 0.348. The van der Waals surface area contributed by atoms with Crippen molar-refractivity contribution in [1.29, 1.82) is 0 Å². The van der Waals surface area contributed by atoms with Crippen LogP contribution in [0.4, 0.5) is 11.4 Å². The van der Waals surface area contributed by atoms with Crippen LogP contribution in [-0.4, -0.2) is 33.4 Å². The SMILES string of the molecule is Br.Cc1cccc(N=C2N=C(SCC(=O)O)N(c3ccccc3)C23CCCCC3)c1. The summed E-state index contributed by atoms with van der Waals surface area (Å²) in [6.07, 6.45) is 5.37. The van der Waals surface area contributed by atoms with E-state index in [0.717, 1.165) is 53.6 Å². The number of para-hydroxylation sites is 1. The van der Waals surface area contributed by atoms with E-state index in [4.69, 9.17) is 9.98 Å². The first-order valence-corrected chi connectivity index (χ1v) is 11.0. The molecule has 1 fully saturated rings. The van der Waals surface area contributed by atoms with Crippen molar-refractivity contribution in [1.82, 2.24) is 0 Å². The third-order valence-electron chi connectivity index (χ3n) is 5.49. The molecule has 0 aromatic heterocycles. The van der Waals surface area contributed by atoms with Crippen LogP contribution >= 0.6 is 28.7 Å². The van der Waals surface area contributed by atoms with Crippen LogP contribution in [0.3, 0.4) is 0 Å². The number of hydrogen-bond donors (Lipinski definition) is 1. The van der Waals surface area contributed by atoms with Crippen molar-refractivity contribution in [3.63, 3.8) is 0 Å². The molecule has 2 aromatic rings. The number of benzene rings is 2. The van der Waals surface area contributed by atoms with E-state index in [1.807, 2.05) is 30.3 Å². The number of aliphatic imine (C=N–C) groups is 2. The van der Waals surface area contributed by atoms with Crippen molar-refractivity contribution in [3.8, 4) is 0 Å². The predicted octanol–water partition coefficient (Wildman–Crippen LogP) is 6.00. The monoisotopic (exact) mass is 487 g/mol. The van der Waals surface area contributed by atoms with Gasteiger partial charge in [0.1, 0.15) is 5.54 Å². The van der Waals surface area contributed by atoms with E-state index in [1.54, 1.807) is 0 Å². The summed E-state index contributed by atoms with van der Waals surface area (Å²) in [5.74, 6) is -0.0531. The largest absolute Gasteiger partial charge is 0.481 e. The summed E-state index contributed by atoms with van der Waals surface area (Å²) < 4.78 is 0. The standard InChI is InChI=1S/C23H25N3O2S.BrH/c1-17-9-8-10-18(15-17)24-21-23(13-6-3-7-14-23)26(19-11-4-2-5-12-19)22(25-21)29-16-20(27)28;/h2,4-5,8-12,15H,3,6-7,13-14,16H2,1H3,(H,27,28);1H. The molecule has 1 saturated carbocycles. The topological polar surface area (TPSA) is 65.3 Å². The zero-order chi connectivity index (χ0) is 20.3. The highest BCUT2D eigenvalue weighted by atomic mass is 79.9. The minimum Gasteiger partial charge on any atom is -0.481 e. The van der Waals surface area contributed by atoms with Crippen LogP contribution in [0.2, 0.25) is 0 Å². The molecule has 0 atom stereocenters. The molecule has 2 aromatic carbocycles. The lowest BCUT2D eigenvalue weighted by atomic mass is 9.79. The van der Waals surface area contributed by atoms with E-state index in [1.165, 1.54) is 18.2 Å². The summed E-state index contributed by atoms with van der Waals surface area (Å²) in [5, 5.41) is 9.97. The second-order valence-corrected chi connectivity index (χ2v) is 8.56. The number of aryl methyl sites for hydroxylation is 1. The molecule has 1 aliphatic heterocycles. The molecule has 0 saturated heterocycles. The lowest BCUT2D eigenvalue weighted by molar-refractivity contribution is -0.133. The second kappa shape index (κ2) is 9.79. The Morgan fingerprint density at radius 3 is 2.53 bits per heavy atom. The first-order valence-electron chi connectivity index (χ1n) is 10.0. The lowest BCUT2D eigenvalue weighted by Crippen LogP contribution is -2.52. The van der Waals surface area contributed by atoms with Gasteiger partial charge in [0.2, 0.25) is 0 Å². The van der Waals surface area contributed by atoms with Crippen LogP contribution in [0.1, 0.15) is 37.7 Å². The molecule has 0 radical (unpaired) electrons. The van der Waals surface area contributed by atoms with Gasteiger partial charge in [-0.25, -0.2) is 9.98 Å². The molecule has 0 bridgehead atoms. The Morgan fingerprint density at radius 1 is 1.13 bits per heavy atom. The molecule has 158 valence electrons. The quantitative estimate of drug-likeness (QED) is 0.574. The van der Waals surface area contributed by atoms with Crippen LogP contribution in [0.5, 0.6) is 0 Å². The van der Waals surface area contributed by atoms with Gasteiger partial charge in [-0.15, -0.1) is 17.0 Å². The number of carbonyl (C=O) groups is 1. The average Bonchev–Trinajstić information content (AvgIpc) is 3.00. The van der Waals surface area contributed by atoms with Gasteiger partial charge in [0, 0.05) is 5.69 Å². The van der Waals surface area contributed by atoms with Crippen molar-refractivity contribution in [2.45, 2.75) is 44.6 Å². The van der Waals surface area contributed by atoms with Crippen molar-refractivity contribution in [2.75, 3.05) is 10.7 Å². The van der Waals surface area contributed by atoms with E-state index in [2.05, 4.69) is 36.1 Å². The highest BCUT2D eigenvalue weighted by molar-refractivity contribution is 8.93. The molecule has 1 heterocycles. The maximum absolute atomic E-state index is 11.3. The number of thioether (sulfide) groups is 1. The van der Waals surface area contributed by atoms with E-state index >= 15 is 0 Å². The van der Waals surface area contributed by atoms with Gasteiger partial charge in [-0.1, -0.05) is 61.4 Å². The van der Waals surface area contributed by atoms with Gasteiger partial charge in [-0.05, 0) is 49.6 Å². The van der Waals surface area contributed by atoms with E-state index < -0.39 is 5.97 Å². The van der Waals surface area contributed by atoms with Crippen LogP contribution in [0.15, 0.2) is 64.6 Å². The minimum absolute atomic E-state index is 0. The first-order chi connectivity index (χ1) is 14.1. The van der Waals surface area contributed by atoms with E-state index in [-0.39, 0.29) is 28.3 Å². The Hall–Kier alpha value is -2.12. The number of carboxylic acids is 1. The van der Waals surface area contributed by atoms with Gasteiger partial charge in [-0.2, -0.15) is 0 Å². The maximum Gasteiger partial charge on any atom is 0.313 e. The lowest BCUT2D eigenvalue weighted by Gasteiger charge is -2.42. The third-order valence-corrected chi connectivity index (χ3v) is 6.42. The van der Waals surface area contributed by atoms with Crippen LogP contribution < -0.4 is 4.90 Å². The van der Waals surface area contributed by atoms with Crippen LogP contribution in [0, 0.1) is 6.92 Å². The summed E-state index contributed by atoms with van der Waals surface area (Å²) >= 11 is 1.28. The van der Waals surface area contributed by atoms with Gasteiger partial charge in [0.15, 0.2) is 11.0 Å². The molecular formula is C23H26BrN3O2S. The van der Waals surface area contributed by atoms with Crippen molar-refractivity contribution in [2.24, 2.45) is 9.98 Å². The van der Waals surface area contributed by atoms with Crippen LogP contribution in [0.25, 0.3) is 0 Å². The Labute approximate surface area is 192 Å². The Bertz CT molecular complexity index is 956. The Balaban J connectivity index is 0.00000256. The summed E-state index contributed by atoms with van der Waals surface area (Å²) in [6, 6.07) is 18.3. The molecular weight excluding hydrogens is 462 g/mol. The summed E-state index contributed by atoms with van der Waals surface area (Å²) in [4.78, 5) is 23.4. The summed E-state index contributed by atoms with van der Waals surface area (Å²) in [5.41, 5.74) is 2.78. The second-order valence-electron chi connectivity index (χ2n) is 7.61. The average molecular weight is 488 g/mol. The number of carboxylic acid groups (broad SMARTS) is 1. The van der Waals surface area contributed by atoms with Crippen molar-refractivity contribution in [3.05, 3.63) is 60.2 Å². The Morgan fingerprint density at radius 2 is 1.87 bits per heavy atom. The smallest absolute Gasteiger partial charge is 0.313 e. The number of amidine groups is 2. The normalized spacial score (nSPS) is 18.9. The fourth-order valence-corrected chi connectivity index (χ4v) is 5.03. The molecule has 30 heavy (non-hydrogen) atoms. The third kappa shape index (κ3) is 4.62. The molecule has 1 aliphatic carbocycles. The molecule has 1 spiro atoms. The number of halogens is 1. The van der Waals surface area contributed by atoms with Gasteiger partial charge in [0.05, 0.1) is 11.4 Å². The van der Waals surface area contributed by atoms with Gasteiger partial charge in [-0.3, -0.25) is 4.79 Å². The van der Waals surface area contributed by atoms with E-state index in [9.17, 15) is 9.90 Å². The molecule has 0 amide bonds. The molecule has 1 N–H and O–H groups in total. The molecule has 0 unspecified atom stereocenters. The number of rotatable bonds is 4. The fourth-order valence-electron chi connectivity index (χ4n) is 4.22. The number of aliphatic carboxylic acids is 1. The predicted molar refractivity (Wildman–Crippen MR) is 131 cm³/mol. The number of anilines is 1. The summed E-state index contributed by atoms with van der Waals surface area (Å²) in [6.45, 7) is 2.06. The first kappa shape index (κ1) is 22.6. The number of hydrogen-bond acceptors (Lipinski definition) is 4. The Kier molecular flexibility index (Phi) is 7.36. The van der Waals surface area contributed by atoms with Gasteiger partial charge < -0.3 is 10.0 Å². The van der Waals surface area contributed by atoms with Gasteiger partial charge in [0.25, 0.3) is 0 Å². The maximum atomic E-state index is 11.3. The molecule has 5 nitrogen and oxygen atoms in total. The molecule has 2 aliphatic rings. The molecule has 7 heteroatoms. The zero-order valence-corrected chi connectivity index (χ0v) is 19.5. The minimum atomic E-state index is -0.840. The zero-order valence-electron chi connectivity index (χ0n) is 17.0. The number of nitrogens with zero attached hydrogens (tertiary/aromatic N) is 3. The van der Waals surface area contributed by atoms with Crippen LogP contribution in [-0.2, 0) is 4.79 Å². The highest BCUT2D eigenvalue weighted by Gasteiger charge is 2.49. The van der Waals surface area contributed by atoms with Gasteiger partial charge >= 0.3 is 5.97 Å². The van der Waals surface area contributed by atoms with Crippen molar-refractivity contribution < 1.29 is 9.90 Å². The van der Waals surface area contributed by atoms with Crippen molar-refractivity contribution >= 4 is 57.1 Å². The molecule has 4 rings (SSSR count). The highest BCUT2D eigenvalue weighted by Crippen LogP contribution is 2.44. The van der Waals surface area contributed by atoms with E-state index in [0.29, 0.717) is 0 Å². The summed E-state index contributed by atoms with van der Waals surface area (Å²) in [7, 11) is 0.